The third-order valence-electron chi connectivity index (χ3n) is 3.75. The average molecular weight is 341 g/mol. The van der Waals surface area contributed by atoms with E-state index >= 15 is 0 Å². The number of aryl methyl sites for hydroxylation is 1. The zero-order valence-electron chi connectivity index (χ0n) is 14.8. The van der Waals surface area contributed by atoms with Crippen molar-refractivity contribution in [1.29, 1.82) is 0 Å². The first-order valence-electron chi connectivity index (χ1n) is 8.13. The molecule has 0 radical (unpaired) electrons. The number of likely N-dealkylation sites (N-methyl/N-ethyl adjacent to an activating group) is 1. The quantitative estimate of drug-likeness (QED) is 0.692. The zero-order chi connectivity index (χ0) is 18.2. The van der Waals surface area contributed by atoms with Gasteiger partial charge in [-0.1, -0.05) is 29.8 Å². The standard InChI is InChI=1S/C20H23NO4/c1-15-7-9-18(10-8-15)24-12-11-21(3)20(23)14-25-19-6-4-5-17(13-19)16(2)22/h4-10,13H,11-12,14H2,1-3H3. The van der Waals surface area contributed by atoms with Gasteiger partial charge in [-0.05, 0) is 38.1 Å². The van der Waals surface area contributed by atoms with Crippen LogP contribution in [0.15, 0.2) is 48.5 Å². The van der Waals surface area contributed by atoms with Crippen molar-refractivity contribution >= 4 is 11.7 Å². The highest BCUT2D eigenvalue weighted by Crippen LogP contribution is 2.14. The molecule has 5 nitrogen and oxygen atoms in total. The van der Waals surface area contributed by atoms with Crippen molar-refractivity contribution in [2.24, 2.45) is 0 Å². The van der Waals surface area contributed by atoms with Crippen LogP contribution >= 0.6 is 0 Å². The van der Waals surface area contributed by atoms with Gasteiger partial charge in [-0.15, -0.1) is 0 Å². The fourth-order valence-electron chi connectivity index (χ4n) is 2.12. The van der Waals surface area contributed by atoms with Crippen molar-refractivity contribution in [1.82, 2.24) is 4.90 Å². The smallest absolute Gasteiger partial charge is 0.260 e. The Hall–Kier alpha value is -2.82. The number of ether oxygens (including phenoxy) is 2. The minimum Gasteiger partial charge on any atom is -0.492 e. The van der Waals surface area contributed by atoms with Crippen LogP contribution in [0, 0.1) is 6.92 Å². The highest BCUT2D eigenvalue weighted by Gasteiger charge is 2.10. The van der Waals surface area contributed by atoms with E-state index < -0.39 is 0 Å². The summed E-state index contributed by atoms with van der Waals surface area (Å²) in [5.41, 5.74) is 1.73. The Morgan fingerprint density at radius 3 is 2.40 bits per heavy atom. The van der Waals surface area contributed by atoms with Crippen molar-refractivity contribution in [3.05, 3.63) is 59.7 Å². The summed E-state index contributed by atoms with van der Waals surface area (Å²) < 4.78 is 11.1. The lowest BCUT2D eigenvalue weighted by Gasteiger charge is -2.18. The highest BCUT2D eigenvalue weighted by atomic mass is 16.5. The Morgan fingerprint density at radius 2 is 1.72 bits per heavy atom. The lowest BCUT2D eigenvalue weighted by Crippen LogP contribution is -2.34. The van der Waals surface area contributed by atoms with Gasteiger partial charge in [-0.25, -0.2) is 0 Å². The van der Waals surface area contributed by atoms with Gasteiger partial charge in [0.15, 0.2) is 12.4 Å². The molecule has 2 aromatic rings. The van der Waals surface area contributed by atoms with Crippen LogP contribution in [0.5, 0.6) is 11.5 Å². The first-order valence-corrected chi connectivity index (χ1v) is 8.13. The van der Waals surface area contributed by atoms with E-state index in [1.807, 2.05) is 31.2 Å². The number of benzene rings is 2. The number of amides is 1. The maximum Gasteiger partial charge on any atom is 0.260 e. The van der Waals surface area contributed by atoms with E-state index in [1.54, 1.807) is 36.2 Å². The van der Waals surface area contributed by atoms with E-state index in [-0.39, 0.29) is 18.3 Å². The fourth-order valence-corrected chi connectivity index (χ4v) is 2.12. The van der Waals surface area contributed by atoms with Crippen molar-refractivity contribution < 1.29 is 19.1 Å². The lowest BCUT2D eigenvalue weighted by molar-refractivity contribution is -0.132. The Labute approximate surface area is 148 Å². The minimum absolute atomic E-state index is 0.0397. The van der Waals surface area contributed by atoms with Crippen LogP contribution in [-0.2, 0) is 4.79 Å². The summed E-state index contributed by atoms with van der Waals surface area (Å²) >= 11 is 0. The van der Waals surface area contributed by atoms with E-state index in [9.17, 15) is 9.59 Å². The van der Waals surface area contributed by atoms with Crippen molar-refractivity contribution in [3.63, 3.8) is 0 Å². The molecule has 5 heteroatoms. The molecule has 0 N–H and O–H groups in total. The van der Waals surface area contributed by atoms with Gasteiger partial charge in [0.05, 0.1) is 6.54 Å². The Bertz CT molecular complexity index is 725. The molecule has 1 amide bonds. The monoisotopic (exact) mass is 341 g/mol. The normalized spacial score (nSPS) is 10.2. The molecule has 0 aliphatic carbocycles. The van der Waals surface area contributed by atoms with E-state index in [0.29, 0.717) is 24.5 Å². The third kappa shape index (κ3) is 5.95. The summed E-state index contributed by atoms with van der Waals surface area (Å²) in [5, 5.41) is 0. The molecule has 0 heterocycles. The first kappa shape index (κ1) is 18.5. The van der Waals surface area contributed by atoms with E-state index in [4.69, 9.17) is 9.47 Å². The van der Waals surface area contributed by atoms with Crippen molar-refractivity contribution in [2.45, 2.75) is 13.8 Å². The second kappa shape index (κ2) is 8.87. The predicted molar refractivity (Wildman–Crippen MR) is 96.3 cm³/mol. The van der Waals surface area contributed by atoms with Gasteiger partial charge < -0.3 is 14.4 Å². The second-order valence-corrected chi connectivity index (χ2v) is 5.85. The molecule has 2 rings (SSSR count). The third-order valence-corrected chi connectivity index (χ3v) is 3.75. The molecule has 0 aliphatic heterocycles. The number of hydrogen-bond acceptors (Lipinski definition) is 4. The molecule has 0 bridgehead atoms. The van der Waals surface area contributed by atoms with E-state index in [0.717, 1.165) is 5.75 Å². The summed E-state index contributed by atoms with van der Waals surface area (Å²) in [6.45, 7) is 4.30. The number of ketones is 1. The summed E-state index contributed by atoms with van der Waals surface area (Å²) in [4.78, 5) is 25.0. The summed E-state index contributed by atoms with van der Waals surface area (Å²) in [6.07, 6.45) is 0. The SMILES string of the molecule is CC(=O)c1cccc(OCC(=O)N(C)CCOc2ccc(C)cc2)c1. The number of nitrogens with zero attached hydrogens (tertiary/aromatic N) is 1. The van der Waals surface area contributed by atoms with Gasteiger partial charge in [0, 0.05) is 12.6 Å². The van der Waals surface area contributed by atoms with E-state index in [2.05, 4.69) is 0 Å². The number of carbonyl (C=O) groups excluding carboxylic acids is 2. The van der Waals surface area contributed by atoms with Crippen LogP contribution in [0.1, 0.15) is 22.8 Å². The molecular weight excluding hydrogens is 318 g/mol. The molecule has 0 unspecified atom stereocenters. The molecule has 132 valence electrons. The molecular formula is C20H23NO4. The van der Waals surface area contributed by atoms with Gasteiger partial charge in [0.25, 0.3) is 5.91 Å². The average Bonchev–Trinajstić information content (AvgIpc) is 2.61. The van der Waals surface area contributed by atoms with Gasteiger partial charge in [-0.3, -0.25) is 9.59 Å². The van der Waals surface area contributed by atoms with Gasteiger partial charge in [0.1, 0.15) is 18.1 Å². The Morgan fingerprint density at radius 1 is 1.00 bits per heavy atom. The van der Waals surface area contributed by atoms with Gasteiger partial charge >= 0.3 is 0 Å². The minimum atomic E-state index is -0.152. The van der Waals surface area contributed by atoms with Crippen LogP contribution in [0.25, 0.3) is 0 Å². The zero-order valence-corrected chi connectivity index (χ0v) is 14.8. The largest absolute Gasteiger partial charge is 0.492 e. The molecule has 0 fully saturated rings. The molecule has 0 saturated heterocycles. The Balaban J connectivity index is 1.75. The highest BCUT2D eigenvalue weighted by molar-refractivity contribution is 5.94. The van der Waals surface area contributed by atoms with Crippen LogP contribution in [0.3, 0.4) is 0 Å². The maximum absolute atomic E-state index is 12.1. The molecule has 0 aromatic heterocycles. The molecule has 0 spiro atoms. The van der Waals surface area contributed by atoms with Gasteiger partial charge in [-0.2, -0.15) is 0 Å². The number of carbonyl (C=O) groups is 2. The number of rotatable bonds is 8. The summed E-state index contributed by atoms with van der Waals surface area (Å²) in [5.74, 6) is 1.09. The topological polar surface area (TPSA) is 55.8 Å². The van der Waals surface area contributed by atoms with Crippen LogP contribution in [0.4, 0.5) is 0 Å². The second-order valence-electron chi connectivity index (χ2n) is 5.85. The lowest BCUT2D eigenvalue weighted by atomic mass is 10.1. The van der Waals surface area contributed by atoms with Crippen LogP contribution in [-0.4, -0.2) is 43.4 Å². The number of hydrogen-bond donors (Lipinski definition) is 0. The van der Waals surface area contributed by atoms with Crippen molar-refractivity contribution in [3.8, 4) is 11.5 Å². The van der Waals surface area contributed by atoms with Gasteiger partial charge in [0.2, 0.25) is 0 Å². The van der Waals surface area contributed by atoms with E-state index in [1.165, 1.54) is 12.5 Å². The Kier molecular flexibility index (Phi) is 6.57. The summed E-state index contributed by atoms with van der Waals surface area (Å²) in [6, 6.07) is 14.6. The maximum atomic E-state index is 12.1. The molecule has 0 aliphatic rings. The first-order chi connectivity index (χ1) is 12.0. The molecule has 25 heavy (non-hydrogen) atoms. The van der Waals surface area contributed by atoms with Crippen LogP contribution < -0.4 is 9.47 Å². The molecule has 0 saturated carbocycles. The molecule has 2 aromatic carbocycles. The molecule has 0 atom stereocenters. The fraction of sp³-hybridized carbons (Fsp3) is 0.300. The number of Topliss-reactive ketones (excluding diaryl/α,β-unsaturated/α-hetero) is 1. The van der Waals surface area contributed by atoms with Crippen LogP contribution in [0.2, 0.25) is 0 Å². The van der Waals surface area contributed by atoms with Crippen molar-refractivity contribution in [2.75, 3.05) is 26.8 Å². The predicted octanol–water partition coefficient (Wildman–Crippen LogP) is 3.11. The summed E-state index contributed by atoms with van der Waals surface area (Å²) in [7, 11) is 1.70.